The lowest BCUT2D eigenvalue weighted by Crippen LogP contribution is -2.44. The van der Waals surface area contributed by atoms with Crippen molar-refractivity contribution in [2.24, 2.45) is 5.73 Å². The number of hydrogen-bond donors (Lipinski definition) is 1. The average molecular weight is 212 g/mol. The highest BCUT2D eigenvalue weighted by atomic mass is 16.2. The van der Waals surface area contributed by atoms with Crippen LogP contribution in [-0.2, 0) is 4.79 Å². The molecule has 1 aliphatic rings. The van der Waals surface area contributed by atoms with E-state index < -0.39 is 0 Å². The van der Waals surface area contributed by atoms with Gasteiger partial charge in [0.15, 0.2) is 0 Å². The van der Waals surface area contributed by atoms with Gasteiger partial charge >= 0.3 is 0 Å². The molecule has 1 atom stereocenters. The van der Waals surface area contributed by atoms with Crippen molar-refractivity contribution in [1.29, 1.82) is 0 Å². The third-order valence-corrected chi connectivity index (χ3v) is 3.30. The van der Waals surface area contributed by atoms with E-state index >= 15 is 0 Å². The molecular formula is C12H24N2O. The summed E-state index contributed by atoms with van der Waals surface area (Å²) in [4.78, 5) is 14.0. The van der Waals surface area contributed by atoms with Crippen LogP contribution in [0.25, 0.3) is 0 Å². The van der Waals surface area contributed by atoms with E-state index in [1.807, 2.05) is 4.90 Å². The van der Waals surface area contributed by atoms with Gasteiger partial charge in [-0.2, -0.15) is 0 Å². The summed E-state index contributed by atoms with van der Waals surface area (Å²) >= 11 is 0. The SMILES string of the molecule is CCCC(N)CC(=O)N1CCCC1(C)C. The van der Waals surface area contributed by atoms with Crippen molar-refractivity contribution < 1.29 is 4.79 Å². The Morgan fingerprint density at radius 3 is 2.67 bits per heavy atom. The van der Waals surface area contributed by atoms with Gasteiger partial charge in [0.2, 0.25) is 5.91 Å². The minimum absolute atomic E-state index is 0.0406. The molecule has 1 fully saturated rings. The molecule has 15 heavy (non-hydrogen) atoms. The highest BCUT2D eigenvalue weighted by molar-refractivity contribution is 5.77. The molecule has 1 rings (SSSR count). The predicted octanol–water partition coefficient (Wildman–Crippen LogP) is 1.90. The summed E-state index contributed by atoms with van der Waals surface area (Å²) in [5.74, 6) is 0.235. The fourth-order valence-electron chi connectivity index (χ4n) is 2.38. The monoisotopic (exact) mass is 212 g/mol. The maximum atomic E-state index is 12.0. The van der Waals surface area contributed by atoms with Gasteiger partial charge in [-0.1, -0.05) is 13.3 Å². The van der Waals surface area contributed by atoms with Crippen molar-refractivity contribution in [3.8, 4) is 0 Å². The first-order valence-electron chi connectivity index (χ1n) is 6.03. The molecule has 1 amide bonds. The molecule has 1 saturated heterocycles. The maximum Gasteiger partial charge on any atom is 0.224 e. The van der Waals surface area contributed by atoms with Crippen molar-refractivity contribution >= 4 is 5.91 Å². The highest BCUT2D eigenvalue weighted by Crippen LogP contribution is 2.28. The molecule has 1 unspecified atom stereocenters. The van der Waals surface area contributed by atoms with Crippen molar-refractivity contribution in [3.05, 3.63) is 0 Å². The van der Waals surface area contributed by atoms with Crippen LogP contribution in [0.4, 0.5) is 0 Å². The zero-order valence-electron chi connectivity index (χ0n) is 10.3. The minimum Gasteiger partial charge on any atom is -0.338 e. The third-order valence-electron chi connectivity index (χ3n) is 3.30. The number of rotatable bonds is 4. The maximum absolute atomic E-state index is 12.0. The topological polar surface area (TPSA) is 46.3 Å². The Balaban J connectivity index is 2.46. The molecule has 1 heterocycles. The van der Waals surface area contributed by atoms with E-state index in [1.165, 1.54) is 0 Å². The summed E-state index contributed by atoms with van der Waals surface area (Å²) < 4.78 is 0. The summed E-state index contributed by atoms with van der Waals surface area (Å²) in [5.41, 5.74) is 5.94. The summed E-state index contributed by atoms with van der Waals surface area (Å²) in [5, 5.41) is 0. The van der Waals surface area contributed by atoms with E-state index in [0.29, 0.717) is 6.42 Å². The quantitative estimate of drug-likeness (QED) is 0.773. The van der Waals surface area contributed by atoms with Gasteiger partial charge in [-0.05, 0) is 33.1 Å². The second-order valence-corrected chi connectivity index (χ2v) is 5.21. The number of nitrogens with zero attached hydrogens (tertiary/aromatic N) is 1. The van der Waals surface area contributed by atoms with E-state index in [-0.39, 0.29) is 17.5 Å². The number of likely N-dealkylation sites (tertiary alicyclic amines) is 1. The molecule has 1 aliphatic heterocycles. The second kappa shape index (κ2) is 4.97. The van der Waals surface area contributed by atoms with E-state index in [4.69, 9.17) is 5.73 Å². The number of nitrogens with two attached hydrogens (primary N) is 1. The van der Waals surface area contributed by atoms with Crippen LogP contribution in [0, 0.1) is 0 Å². The van der Waals surface area contributed by atoms with Gasteiger partial charge in [0.1, 0.15) is 0 Å². The van der Waals surface area contributed by atoms with E-state index in [9.17, 15) is 4.79 Å². The standard InChI is InChI=1S/C12H24N2O/c1-4-6-10(13)9-11(15)14-8-5-7-12(14,2)3/h10H,4-9,13H2,1-3H3. The first-order valence-corrected chi connectivity index (χ1v) is 6.03. The Hall–Kier alpha value is -0.570. The summed E-state index contributed by atoms with van der Waals surface area (Å²) in [6.45, 7) is 7.29. The fourth-order valence-corrected chi connectivity index (χ4v) is 2.38. The number of hydrogen-bond acceptors (Lipinski definition) is 2. The van der Waals surface area contributed by atoms with E-state index in [1.54, 1.807) is 0 Å². The fraction of sp³-hybridized carbons (Fsp3) is 0.917. The van der Waals surface area contributed by atoms with Gasteiger partial charge in [0.05, 0.1) is 0 Å². The van der Waals surface area contributed by atoms with Crippen LogP contribution < -0.4 is 5.73 Å². The van der Waals surface area contributed by atoms with Crippen LogP contribution >= 0.6 is 0 Å². The van der Waals surface area contributed by atoms with E-state index in [0.717, 1.165) is 32.2 Å². The summed E-state index contributed by atoms with van der Waals surface area (Å²) in [6.07, 6.45) is 4.75. The molecule has 0 aromatic heterocycles. The van der Waals surface area contributed by atoms with Gasteiger partial charge < -0.3 is 10.6 Å². The largest absolute Gasteiger partial charge is 0.338 e. The van der Waals surface area contributed by atoms with Gasteiger partial charge in [0.25, 0.3) is 0 Å². The predicted molar refractivity (Wildman–Crippen MR) is 62.5 cm³/mol. The first-order chi connectivity index (χ1) is 6.97. The molecule has 3 heteroatoms. The molecule has 0 aromatic carbocycles. The molecule has 0 radical (unpaired) electrons. The van der Waals surface area contributed by atoms with Crippen LogP contribution in [0.5, 0.6) is 0 Å². The molecule has 0 aliphatic carbocycles. The van der Waals surface area contributed by atoms with Crippen LogP contribution in [0.15, 0.2) is 0 Å². The molecule has 3 nitrogen and oxygen atoms in total. The summed E-state index contributed by atoms with van der Waals surface area (Å²) in [6, 6.07) is 0.0406. The van der Waals surface area contributed by atoms with Gasteiger partial charge in [-0.15, -0.1) is 0 Å². The van der Waals surface area contributed by atoms with Crippen LogP contribution in [0.2, 0.25) is 0 Å². The smallest absolute Gasteiger partial charge is 0.224 e. The van der Waals surface area contributed by atoms with Crippen LogP contribution in [0.3, 0.4) is 0 Å². The average Bonchev–Trinajstić information content (AvgIpc) is 2.45. The molecular weight excluding hydrogens is 188 g/mol. The molecule has 2 N–H and O–H groups in total. The van der Waals surface area contributed by atoms with Crippen molar-refractivity contribution in [2.45, 2.75) is 64.5 Å². The summed E-state index contributed by atoms with van der Waals surface area (Å²) in [7, 11) is 0. The van der Waals surface area contributed by atoms with Gasteiger partial charge in [-0.25, -0.2) is 0 Å². The Labute approximate surface area is 93.0 Å². The van der Waals surface area contributed by atoms with Gasteiger partial charge in [-0.3, -0.25) is 4.79 Å². The normalized spacial score (nSPS) is 21.7. The lowest BCUT2D eigenvalue weighted by molar-refractivity contribution is -0.134. The lowest BCUT2D eigenvalue weighted by Gasteiger charge is -2.32. The number of carbonyl (C=O) groups excluding carboxylic acids is 1. The number of amides is 1. The Kier molecular flexibility index (Phi) is 4.14. The Bertz CT molecular complexity index is 226. The highest BCUT2D eigenvalue weighted by Gasteiger charge is 2.35. The number of carbonyl (C=O) groups is 1. The molecule has 0 aromatic rings. The zero-order chi connectivity index (χ0) is 11.5. The molecule has 88 valence electrons. The molecule has 0 spiro atoms. The first kappa shape index (κ1) is 12.5. The van der Waals surface area contributed by atoms with Crippen molar-refractivity contribution in [3.63, 3.8) is 0 Å². The third kappa shape index (κ3) is 3.20. The second-order valence-electron chi connectivity index (χ2n) is 5.21. The zero-order valence-corrected chi connectivity index (χ0v) is 10.3. The minimum atomic E-state index is 0.0406. The molecule has 0 saturated carbocycles. The lowest BCUT2D eigenvalue weighted by atomic mass is 10.0. The van der Waals surface area contributed by atoms with Crippen molar-refractivity contribution in [1.82, 2.24) is 4.90 Å². The van der Waals surface area contributed by atoms with Crippen molar-refractivity contribution in [2.75, 3.05) is 6.54 Å². The van der Waals surface area contributed by atoms with Crippen LogP contribution in [0.1, 0.15) is 52.9 Å². The van der Waals surface area contributed by atoms with Crippen LogP contribution in [-0.4, -0.2) is 28.9 Å². The van der Waals surface area contributed by atoms with E-state index in [2.05, 4.69) is 20.8 Å². The Morgan fingerprint density at radius 1 is 1.53 bits per heavy atom. The molecule has 0 bridgehead atoms. The van der Waals surface area contributed by atoms with Gasteiger partial charge in [0, 0.05) is 24.5 Å². The Morgan fingerprint density at radius 2 is 2.20 bits per heavy atom.